The standard InChI is InChI=1S/C14H12N2O4S/c1-8-10(14(19)20-2)3-4-12(16-8)21-9-5-6-15-11(7-9)13(17)18/h3-7H,1-2H3,(H,17,18). The third-order valence-corrected chi connectivity index (χ3v) is 3.56. The molecule has 0 aliphatic heterocycles. The molecule has 0 amide bonds. The maximum Gasteiger partial charge on any atom is 0.354 e. The summed E-state index contributed by atoms with van der Waals surface area (Å²) in [5, 5.41) is 9.56. The van der Waals surface area contributed by atoms with Gasteiger partial charge in [-0.3, -0.25) is 0 Å². The summed E-state index contributed by atoms with van der Waals surface area (Å²) in [4.78, 5) is 31.1. The summed E-state index contributed by atoms with van der Waals surface area (Å²) in [5.41, 5.74) is 0.935. The molecule has 0 spiro atoms. The van der Waals surface area contributed by atoms with Crippen LogP contribution in [-0.2, 0) is 4.74 Å². The molecule has 0 radical (unpaired) electrons. The van der Waals surface area contributed by atoms with Crippen LogP contribution < -0.4 is 0 Å². The number of rotatable bonds is 4. The molecule has 0 aromatic carbocycles. The van der Waals surface area contributed by atoms with Gasteiger partial charge in [0.15, 0.2) is 0 Å². The van der Waals surface area contributed by atoms with Gasteiger partial charge >= 0.3 is 11.9 Å². The van der Waals surface area contributed by atoms with Crippen LogP contribution in [0.5, 0.6) is 0 Å². The van der Waals surface area contributed by atoms with Crippen molar-refractivity contribution in [2.75, 3.05) is 7.11 Å². The summed E-state index contributed by atoms with van der Waals surface area (Å²) >= 11 is 1.29. The molecule has 0 atom stereocenters. The number of carbonyl (C=O) groups is 2. The Bertz CT molecular complexity index is 703. The normalized spacial score (nSPS) is 10.2. The van der Waals surface area contributed by atoms with Crippen LogP contribution in [0.2, 0.25) is 0 Å². The van der Waals surface area contributed by atoms with E-state index in [2.05, 4.69) is 14.7 Å². The van der Waals surface area contributed by atoms with Crippen LogP contribution in [0.4, 0.5) is 0 Å². The first-order valence-corrected chi connectivity index (χ1v) is 6.76. The lowest BCUT2D eigenvalue weighted by molar-refractivity contribution is 0.0598. The topological polar surface area (TPSA) is 89.4 Å². The highest BCUT2D eigenvalue weighted by Gasteiger charge is 2.12. The van der Waals surface area contributed by atoms with Crippen molar-refractivity contribution in [3.63, 3.8) is 0 Å². The maximum atomic E-state index is 11.5. The third kappa shape index (κ3) is 3.57. The number of aromatic nitrogens is 2. The predicted molar refractivity (Wildman–Crippen MR) is 75.6 cm³/mol. The number of pyridine rings is 2. The average molecular weight is 304 g/mol. The number of hydrogen-bond donors (Lipinski definition) is 1. The Morgan fingerprint density at radius 3 is 2.67 bits per heavy atom. The zero-order valence-electron chi connectivity index (χ0n) is 11.4. The van der Waals surface area contributed by atoms with Gasteiger partial charge in [0.05, 0.1) is 18.4 Å². The quantitative estimate of drug-likeness (QED) is 0.867. The van der Waals surface area contributed by atoms with E-state index in [0.29, 0.717) is 21.2 Å². The summed E-state index contributed by atoms with van der Waals surface area (Å²) in [6.07, 6.45) is 1.43. The first-order chi connectivity index (χ1) is 10.0. The molecule has 0 bridgehead atoms. The minimum Gasteiger partial charge on any atom is -0.477 e. The lowest BCUT2D eigenvalue weighted by Crippen LogP contribution is -2.05. The fraction of sp³-hybridized carbons (Fsp3) is 0.143. The summed E-state index contributed by atoms with van der Waals surface area (Å²) in [6.45, 7) is 1.71. The van der Waals surface area contributed by atoms with E-state index in [4.69, 9.17) is 5.11 Å². The second-order valence-electron chi connectivity index (χ2n) is 4.06. The number of aryl methyl sites for hydroxylation is 1. The first-order valence-electron chi connectivity index (χ1n) is 5.94. The molecule has 21 heavy (non-hydrogen) atoms. The number of carbonyl (C=O) groups excluding carboxylic acids is 1. The summed E-state index contributed by atoms with van der Waals surface area (Å²) in [6, 6.07) is 6.49. The fourth-order valence-corrected chi connectivity index (χ4v) is 2.49. The number of carboxylic acids is 1. The van der Waals surface area contributed by atoms with Gasteiger partial charge in [-0.2, -0.15) is 0 Å². The molecule has 0 unspecified atom stereocenters. The van der Waals surface area contributed by atoms with Crippen LogP contribution in [0.15, 0.2) is 40.4 Å². The highest BCUT2D eigenvalue weighted by molar-refractivity contribution is 7.99. The summed E-state index contributed by atoms with van der Waals surface area (Å²) < 4.78 is 4.66. The molecule has 6 nitrogen and oxygen atoms in total. The molecule has 108 valence electrons. The zero-order valence-corrected chi connectivity index (χ0v) is 12.2. The van der Waals surface area contributed by atoms with Crippen molar-refractivity contribution < 1.29 is 19.4 Å². The number of carboxylic acid groups (broad SMARTS) is 1. The van der Waals surface area contributed by atoms with E-state index >= 15 is 0 Å². The Morgan fingerprint density at radius 2 is 2.05 bits per heavy atom. The second kappa shape index (κ2) is 6.36. The van der Waals surface area contributed by atoms with Crippen LogP contribution in [0, 0.1) is 6.92 Å². The largest absolute Gasteiger partial charge is 0.477 e. The molecule has 0 aliphatic carbocycles. The van der Waals surface area contributed by atoms with Crippen LogP contribution in [0.1, 0.15) is 26.5 Å². The van der Waals surface area contributed by atoms with Gasteiger partial charge in [-0.15, -0.1) is 0 Å². The third-order valence-electron chi connectivity index (χ3n) is 2.64. The average Bonchev–Trinajstić information content (AvgIpc) is 2.47. The van der Waals surface area contributed by atoms with E-state index < -0.39 is 11.9 Å². The zero-order chi connectivity index (χ0) is 15.4. The Kier molecular flexibility index (Phi) is 4.54. The fourth-order valence-electron chi connectivity index (χ4n) is 1.63. The van der Waals surface area contributed by atoms with Gasteiger partial charge in [-0.05, 0) is 31.2 Å². The number of ether oxygens (including phenoxy) is 1. The van der Waals surface area contributed by atoms with Gasteiger partial charge in [-0.25, -0.2) is 19.6 Å². The summed E-state index contributed by atoms with van der Waals surface area (Å²) in [7, 11) is 1.31. The van der Waals surface area contributed by atoms with E-state index in [1.807, 2.05) is 0 Å². The number of nitrogens with zero attached hydrogens (tertiary/aromatic N) is 2. The Morgan fingerprint density at radius 1 is 1.29 bits per heavy atom. The molecule has 0 saturated heterocycles. The van der Waals surface area contributed by atoms with Crippen LogP contribution >= 0.6 is 11.8 Å². The van der Waals surface area contributed by atoms with Crippen molar-refractivity contribution in [2.24, 2.45) is 0 Å². The minimum absolute atomic E-state index is 0.0251. The summed E-state index contributed by atoms with van der Waals surface area (Å²) in [5.74, 6) is -1.52. The predicted octanol–water partition coefficient (Wildman–Crippen LogP) is 2.42. The van der Waals surface area contributed by atoms with Crippen LogP contribution in [-0.4, -0.2) is 34.1 Å². The Balaban J connectivity index is 2.24. The molecule has 2 rings (SSSR count). The van der Waals surface area contributed by atoms with E-state index in [9.17, 15) is 9.59 Å². The van der Waals surface area contributed by atoms with Crippen molar-refractivity contribution >= 4 is 23.7 Å². The van der Waals surface area contributed by atoms with Gasteiger partial charge in [0.25, 0.3) is 0 Å². The highest BCUT2D eigenvalue weighted by Crippen LogP contribution is 2.27. The lowest BCUT2D eigenvalue weighted by Gasteiger charge is -2.06. The first kappa shape index (κ1) is 15.0. The van der Waals surface area contributed by atoms with Crippen molar-refractivity contribution in [1.29, 1.82) is 0 Å². The highest BCUT2D eigenvalue weighted by atomic mass is 32.2. The van der Waals surface area contributed by atoms with Gasteiger partial charge in [0.1, 0.15) is 10.7 Å². The van der Waals surface area contributed by atoms with E-state index in [0.717, 1.165) is 0 Å². The molecule has 2 aromatic heterocycles. The van der Waals surface area contributed by atoms with Crippen molar-refractivity contribution in [3.05, 3.63) is 47.4 Å². The molecular weight excluding hydrogens is 292 g/mol. The molecule has 0 fully saturated rings. The van der Waals surface area contributed by atoms with E-state index in [1.165, 1.54) is 31.1 Å². The second-order valence-corrected chi connectivity index (χ2v) is 5.15. The van der Waals surface area contributed by atoms with Crippen molar-refractivity contribution in [3.8, 4) is 0 Å². The Labute approximate surface area is 125 Å². The van der Waals surface area contributed by atoms with Crippen LogP contribution in [0.3, 0.4) is 0 Å². The van der Waals surface area contributed by atoms with Gasteiger partial charge in [-0.1, -0.05) is 11.8 Å². The maximum absolute atomic E-state index is 11.5. The van der Waals surface area contributed by atoms with Crippen LogP contribution in [0.25, 0.3) is 0 Å². The van der Waals surface area contributed by atoms with Gasteiger partial charge in [0, 0.05) is 11.1 Å². The lowest BCUT2D eigenvalue weighted by atomic mass is 10.2. The van der Waals surface area contributed by atoms with E-state index in [-0.39, 0.29) is 5.69 Å². The Hall–Kier alpha value is -2.41. The molecule has 7 heteroatoms. The van der Waals surface area contributed by atoms with Crippen molar-refractivity contribution in [1.82, 2.24) is 9.97 Å². The monoisotopic (exact) mass is 304 g/mol. The number of esters is 1. The van der Waals surface area contributed by atoms with Crippen molar-refractivity contribution in [2.45, 2.75) is 16.8 Å². The molecular formula is C14H12N2O4S. The molecule has 1 N–H and O–H groups in total. The van der Waals surface area contributed by atoms with E-state index in [1.54, 1.807) is 25.1 Å². The number of hydrogen-bond acceptors (Lipinski definition) is 6. The van der Waals surface area contributed by atoms with Gasteiger partial charge in [0.2, 0.25) is 0 Å². The SMILES string of the molecule is COC(=O)c1ccc(Sc2ccnc(C(=O)O)c2)nc1C. The smallest absolute Gasteiger partial charge is 0.354 e. The number of methoxy groups -OCH3 is 1. The minimum atomic E-state index is -1.08. The molecule has 2 aromatic rings. The number of aromatic carboxylic acids is 1. The molecule has 0 saturated carbocycles. The molecule has 0 aliphatic rings. The van der Waals surface area contributed by atoms with Gasteiger partial charge < -0.3 is 9.84 Å². The molecule has 2 heterocycles.